The predicted octanol–water partition coefficient (Wildman–Crippen LogP) is 2.15. The molecule has 4 nitrogen and oxygen atoms in total. The van der Waals surface area contributed by atoms with Crippen LogP contribution in [0.1, 0.15) is 12.2 Å². The van der Waals surface area contributed by atoms with Crippen molar-refractivity contribution in [2.45, 2.75) is 19.4 Å². The van der Waals surface area contributed by atoms with Crippen LogP contribution in [0.2, 0.25) is 5.02 Å². The van der Waals surface area contributed by atoms with E-state index >= 15 is 0 Å². The minimum Gasteiger partial charge on any atom is -0.396 e. The summed E-state index contributed by atoms with van der Waals surface area (Å²) in [5.74, 6) is 2.02. The van der Waals surface area contributed by atoms with E-state index in [4.69, 9.17) is 11.6 Å². The lowest BCUT2D eigenvalue weighted by molar-refractivity contribution is 0.196. The third kappa shape index (κ3) is 2.13. The smallest absolute Gasteiger partial charge is 0.181 e. The number of rotatable bonds is 2. The van der Waals surface area contributed by atoms with Gasteiger partial charge in [0.2, 0.25) is 0 Å². The van der Waals surface area contributed by atoms with Gasteiger partial charge in [-0.1, -0.05) is 11.6 Å². The third-order valence-electron chi connectivity index (χ3n) is 3.33. The van der Waals surface area contributed by atoms with Crippen molar-refractivity contribution >= 4 is 11.6 Å². The molecule has 3 rings (SSSR count). The Labute approximate surface area is 110 Å². The van der Waals surface area contributed by atoms with Crippen LogP contribution < -0.4 is 0 Å². The molecule has 2 heterocycles. The molecular weight excluding hydrogens is 250 g/mol. The second-order valence-corrected chi connectivity index (χ2v) is 5.06. The Hall–Kier alpha value is -1.39. The van der Waals surface area contributed by atoms with Gasteiger partial charge in [0, 0.05) is 30.2 Å². The van der Waals surface area contributed by atoms with E-state index in [1.807, 2.05) is 28.9 Å². The molecule has 1 aromatic carbocycles. The molecule has 5 heteroatoms. The molecule has 0 fully saturated rings. The summed E-state index contributed by atoms with van der Waals surface area (Å²) in [4.78, 5) is 4.55. The number of aliphatic hydroxyl groups is 1. The Morgan fingerprint density at radius 2 is 2.11 bits per heavy atom. The Balaban J connectivity index is 1.91. The monoisotopic (exact) mass is 263 g/mol. The van der Waals surface area contributed by atoms with Gasteiger partial charge in [0.05, 0.1) is 0 Å². The average molecular weight is 264 g/mol. The normalized spacial score (nSPS) is 18.7. The van der Waals surface area contributed by atoms with Gasteiger partial charge in [-0.3, -0.25) is 0 Å². The van der Waals surface area contributed by atoms with Gasteiger partial charge in [0.15, 0.2) is 5.82 Å². The molecule has 0 amide bonds. The lowest BCUT2D eigenvalue weighted by Crippen LogP contribution is -2.22. The summed E-state index contributed by atoms with van der Waals surface area (Å²) >= 11 is 5.86. The minimum absolute atomic E-state index is 0.225. The van der Waals surface area contributed by atoms with Crippen LogP contribution in [0.4, 0.5) is 0 Å². The van der Waals surface area contributed by atoms with E-state index in [0.717, 1.165) is 36.6 Å². The Bertz CT molecular complexity index is 550. The zero-order chi connectivity index (χ0) is 12.5. The van der Waals surface area contributed by atoms with Gasteiger partial charge in [0.1, 0.15) is 5.82 Å². The maximum Gasteiger partial charge on any atom is 0.181 e. The van der Waals surface area contributed by atoms with Crippen LogP contribution >= 0.6 is 11.6 Å². The molecule has 18 heavy (non-hydrogen) atoms. The molecule has 0 saturated heterocycles. The SMILES string of the molecule is OCC1CCn2nc(-c3ccc(Cl)cc3)nc2C1. The van der Waals surface area contributed by atoms with Crippen LogP contribution in [0.5, 0.6) is 0 Å². The van der Waals surface area contributed by atoms with Crippen molar-refractivity contribution in [2.24, 2.45) is 5.92 Å². The van der Waals surface area contributed by atoms with Gasteiger partial charge in [-0.15, -0.1) is 0 Å². The van der Waals surface area contributed by atoms with Crippen molar-refractivity contribution in [3.8, 4) is 11.4 Å². The lowest BCUT2D eigenvalue weighted by atomic mass is 9.99. The first-order chi connectivity index (χ1) is 8.76. The highest BCUT2D eigenvalue weighted by atomic mass is 35.5. The van der Waals surface area contributed by atoms with E-state index in [0.29, 0.717) is 10.9 Å². The van der Waals surface area contributed by atoms with Crippen LogP contribution in [0, 0.1) is 5.92 Å². The van der Waals surface area contributed by atoms with E-state index in [9.17, 15) is 5.11 Å². The highest BCUT2D eigenvalue weighted by molar-refractivity contribution is 6.30. The summed E-state index contributed by atoms with van der Waals surface area (Å²) in [6.07, 6.45) is 1.77. The van der Waals surface area contributed by atoms with Gasteiger partial charge < -0.3 is 5.11 Å². The molecule has 1 N–H and O–H groups in total. The molecule has 2 aromatic rings. The molecule has 1 atom stereocenters. The maximum absolute atomic E-state index is 9.20. The van der Waals surface area contributed by atoms with Gasteiger partial charge in [-0.25, -0.2) is 9.67 Å². The van der Waals surface area contributed by atoms with E-state index in [1.54, 1.807) is 0 Å². The number of aromatic nitrogens is 3. The number of benzene rings is 1. The average Bonchev–Trinajstić information content (AvgIpc) is 2.82. The van der Waals surface area contributed by atoms with Crippen molar-refractivity contribution in [1.82, 2.24) is 14.8 Å². The van der Waals surface area contributed by atoms with Crippen LogP contribution in [0.3, 0.4) is 0 Å². The highest BCUT2D eigenvalue weighted by Gasteiger charge is 2.21. The van der Waals surface area contributed by atoms with Crippen molar-refractivity contribution in [2.75, 3.05) is 6.61 Å². The molecule has 0 bridgehead atoms. The van der Waals surface area contributed by atoms with E-state index in [2.05, 4.69) is 10.1 Å². The summed E-state index contributed by atoms with van der Waals surface area (Å²) in [7, 11) is 0. The summed E-state index contributed by atoms with van der Waals surface area (Å²) in [6.45, 7) is 1.06. The van der Waals surface area contributed by atoms with Crippen molar-refractivity contribution in [1.29, 1.82) is 0 Å². The highest BCUT2D eigenvalue weighted by Crippen LogP contribution is 2.23. The molecule has 1 aliphatic rings. The second kappa shape index (κ2) is 4.71. The first-order valence-electron chi connectivity index (χ1n) is 6.07. The quantitative estimate of drug-likeness (QED) is 0.903. The molecule has 94 valence electrons. The summed E-state index contributed by atoms with van der Waals surface area (Å²) in [5.41, 5.74) is 0.974. The van der Waals surface area contributed by atoms with Crippen LogP contribution in [0.25, 0.3) is 11.4 Å². The number of fused-ring (bicyclic) bond motifs is 1. The van der Waals surface area contributed by atoms with Gasteiger partial charge in [0.25, 0.3) is 0 Å². The van der Waals surface area contributed by atoms with E-state index in [-0.39, 0.29) is 6.61 Å². The summed E-state index contributed by atoms with van der Waals surface area (Å²) < 4.78 is 1.94. The number of aliphatic hydroxyl groups excluding tert-OH is 1. The zero-order valence-electron chi connectivity index (χ0n) is 9.88. The first-order valence-corrected chi connectivity index (χ1v) is 6.44. The van der Waals surface area contributed by atoms with Crippen molar-refractivity contribution in [3.05, 3.63) is 35.1 Å². The predicted molar refractivity (Wildman–Crippen MR) is 69.4 cm³/mol. The third-order valence-corrected chi connectivity index (χ3v) is 3.58. The number of nitrogens with zero attached hydrogens (tertiary/aromatic N) is 3. The molecule has 0 radical (unpaired) electrons. The fourth-order valence-corrected chi connectivity index (χ4v) is 2.37. The van der Waals surface area contributed by atoms with Gasteiger partial charge >= 0.3 is 0 Å². The van der Waals surface area contributed by atoms with Crippen LogP contribution in [0.15, 0.2) is 24.3 Å². The Kier molecular flexibility index (Phi) is 3.06. The van der Waals surface area contributed by atoms with Gasteiger partial charge in [-0.2, -0.15) is 5.10 Å². The standard InChI is InChI=1S/C13H14ClN3O/c14-11-3-1-10(2-4-11)13-15-12-7-9(8-18)5-6-17(12)16-13/h1-4,9,18H,5-8H2. The summed E-state index contributed by atoms with van der Waals surface area (Å²) in [5, 5.41) is 14.4. The molecule has 1 aromatic heterocycles. The Morgan fingerprint density at radius 1 is 1.33 bits per heavy atom. The minimum atomic E-state index is 0.225. The molecule has 0 saturated carbocycles. The number of hydrogen-bond acceptors (Lipinski definition) is 3. The van der Waals surface area contributed by atoms with E-state index in [1.165, 1.54) is 0 Å². The fraction of sp³-hybridized carbons (Fsp3) is 0.385. The summed E-state index contributed by atoms with van der Waals surface area (Å²) in [6, 6.07) is 7.53. The molecular formula is C13H14ClN3O. The lowest BCUT2D eigenvalue weighted by Gasteiger charge is -2.19. The Morgan fingerprint density at radius 3 is 2.83 bits per heavy atom. The molecule has 1 unspecified atom stereocenters. The maximum atomic E-state index is 9.20. The topological polar surface area (TPSA) is 50.9 Å². The van der Waals surface area contributed by atoms with Gasteiger partial charge in [-0.05, 0) is 36.6 Å². The number of hydrogen-bond donors (Lipinski definition) is 1. The zero-order valence-corrected chi connectivity index (χ0v) is 10.6. The first kappa shape index (κ1) is 11.7. The largest absolute Gasteiger partial charge is 0.396 e. The van der Waals surface area contributed by atoms with Crippen LogP contribution in [-0.2, 0) is 13.0 Å². The fourth-order valence-electron chi connectivity index (χ4n) is 2.25. The molecule has 0 spiro atoms. The number of halogens is 1. The molecule has 1 aliphatic heterocycles. The van der Waals surface area contributed by atoms with Crippen molar-refractivity contribution in [3.63, 3.8) is 0 Å². The van der Waals surface area contributed by atoms with Crippen molar-refractivity contribution < 1.29 is 5.11 Å². The van der Waals surface area contributed by atoms with Crippen LogP contribution in [-0.4, -0.2) is 26.5 Å². The molecule has 0 aliphatic carbocycles. The van der Waals surface area contributed by atoms with E-state index < -0.39 is 0 Å². The second-order valence-electron chi connectivity index (χ2n) is 4.62. The number of aryl methyl sites for hydroxylation is 1.